The average Bonchev–Trinajstić information content (AvgIpc) is 2.37. The van der Waals surface area contributed by atoms with Crippen molar-refractivity contribution in [3.63, 3.8) is 0 Å². The Morgan fingerprint density at radius 3 is 2.60 bits per heavy atom. The molecule has 1 rings (SSSR count). The molecule has 6 heteroatoms. The molecule has 0 aliphatic heterocycles. The number of hydrogen-bond acceptors (Lipinski definition) is 4. The highest BCUT2D eigenvalue weighted by molar-refractivity contribution is 5.94. The third kappa shape index (κ3) is 4.87. The lowest BCUT2D eigenvalue weighted by Gasteiger charge is -2.23. The molecular formula is C14H20N2O4. The third-order valence-electron chi connectivity index (χ3n) is 2.50. The molecule has 20 heavy (non-hydrogen) atoms. The lowest BCUT2D eigenvalue weighted by Crippen LogP contribution is -2.39. The van der Waals surface area contributed by atoms with Gasteiger partial charge in [-0.3, -0.25) is 14.4 Å². The molecule has 0 radical (unpaired) electrons. The first kappa shape index (κ1) is 15.9. The van der Waals surface area contributed by atoms with Gasteiger partial charge in [0, 0.05) is 12.6 Å². The number of nitrogens with one attached hydrogen (secondary N) is 1. The van der Waals surface area contributed by atoms with Gasteiger partial charge in [-0.1, -0.05) is 19.9 Å². The second kappa shape index (κ2) is 7.47. The number of aromatic amines is 1. The molecule has 1 amide bonds. The van der Waals surface area contributed by atoms with Crippen molar-refractivity contribution in [3.8, 4) is 0 Å². The quantitative estimate of drug-likeness (QED) is 0.789. The van der Waals surface area contributed by atoms with Crippen LogP contribution in [0.15, 0.2) is 23.0 Å². The second-order valence-corrected chi connectivity index (χ2v) is 4.81. The summed E-state index contributed by atoms with van der Waals surface area (Å²) in [5, 5.41) is 0. The van der Waals surface area contributed by atoms with E-state index in [1.54, 1.807) is 6.92 Å². The van der Waals surface area contributed by atoms with E-state index in [2.05, 4.69) is 4.98 Å². The summed E-state index contributed by atoms with van der Waals surface area (Å²) in [5.74, 6) is -0.645. The van der Waals surface area contributed by atoms with Crippen LogP contribution in [0.1, 0.15) is 31.3 Å². The molecule has 1 aromatic rings. The highest BCUT2D eigenvalue weighted by Gasteiger charge is 2.21. The highest BCUT2D eigenvalue weighted by atomic mass is 16.5. The summed E-state index contributed by atoms with van der Waals surface area (Å²) in [7, 11) is 0. The zero-order valence-electron chi connectivity index (χ0n) is 12.0. The van der Waals surface area contributed by atoms with Gasteiger partial charge in [0.2, 0.25) is 5.56 Å². The molecule has 0 spiro atoms. The van der Waals surface area contributed by atoms with Gasteiger partial charge in [-0.25, -0.2) is 0 Å². The molecule has 6 nitrogen and oxygen atoms in total. The lowest BCUT2D eigenvalue weighted by atomic mass is 10.2. The van der Waals surface area contributed by atoms with Gasteiger partial charge >= 0.3 is 5.97 Å². The summed E-state index contributed by atoms with van der Waals surface area (Å²) < 4.78 is 4.86. The molecule has 110 valence electrons. The fourth-order valence-corrected chi connectivity index (χ4v) is 1.77. The molecule has 0 aliphatic carbocycles. The van der Waals surface area contributed by atoms with Gasteiger partial charge < -0.3 is 14.6 Å². The van der Waals surface area contributed by atoms with Crippen molar-refractivity contribution >= 4 is 11.9 Å². The molecule has 0 aromatic carbocycles. The Morgan fingerprint density at radius 2 is 2.05 bits per heavy atom. The zero-order chi connectivity index (χ0) is 15.1. The van der Waals surface area contributed by atoms with E-state index in [1.165, 1.54) is 23.1 Å². The van der Waals surface area contributed by atoms with Gasteiger partial charge in [0.25, 0.3) is 5.91 Å². The molecule has 0 aliphatic rings. The minimum Gasteiger partial charge on any atom is -0.465 e. The van der Waals surface area contributed by atoms with Gasteiger partial charge in [-0.15, -0.1) is 0 Å². The summed E-state index contributed by atoms with van der Waals surface area (Å²) in [6.07, 6.45) is 0. The minimum absolute atomic E-state index is 0.123. The Balaban J connectivity index is 2.89. The fraction of sp³-hybridized carbons (Fsp3) is 0.500. The summed E-state index contributed by atoms with van der Waals surface area (Å²) in [4.78, 5) is 39.0. The van der Waals surface area contributed by atoms with Crippen molar-refractivity contribution < 1.29 is 14.3 Å². The van der Waals surface area contributed by atoms with E-state index in [0.29, 0.717) is 6.54 Å². The summed E-state index contributed by atoms with van der Waals surface area (Å²) in [5.41, 5.74) is -0.182. The van der Waals surface area contributed by atoms with Gasteiger partial charge in [-0.05, 0) is 18.9 Å². The van der Waals surface area contributed by atoms with E-state index in [4.69, 9.17) is 4.74 Å². The van der Waals surface area contributed by atoms with Crippen LogP contribution in [0, 0.1) is 5.92 Å². The molecule has 0 bridgehead atoms. The van der Waals surface area contributed by atoms with Crippen LogP contribution in [0.4, 0.5) is 0 Å². The smallest absolute Gasteiger partial charge is 0.325 e. The van der Waals surface area contributed by atoms with E-state index >= 15 is 0 Å². The number of ether oxygens (including phenoxy) is 1. The molecule has 1 heterocycles. The third-order valence-corrected chi connectivity index (χ3v) is 2.50. The first-order valence-electron chi connectivity index (χ1n) is 6.58. The van der Waals surface area contributed by atoms with E-state index < -0.39 is 5.97 Å². The maximum atomic E-state index is 12.3. The van der Waals surface area contributed by atoms with E-state index in [1.807, 2.05) is 13.8 Å². The van der Waals surface area contributed by atoms with Crippen molar-refractivity contribution in [2.75, 3.05) is 19.7 Å². The topological polar surface area (TPSA) is 79.5 Å². The molecule has 0 atom stereocenters. The predicted molar refractivity (Wildman–Crippen MR) is 74.4 cm³/mol. The first-order chi connectivity index (χ1) is 9.43. The Labute approximate surface area is 117 Å². The summed E-state index contributed by atoms with van der Waals surface area (Å²) in [6.45, 7) is 6.15. The number of carbonyl (C=O) groups is 2. The SMILES string of the molecule is CCOC(=O)CN(CC(C)C)C(=O)c1cccc(=O)[nH]1. The highest BCUT2D eigenvalue weighted by Crippen LogP contribution is 2.05. The van der Waals surface area contributed by atoms with Crippen LogP contribution >= 0.6 is 0 Å². The van der Waals surface area contributed by atoms with Gasteiger partial charge in [0.05, 0.1) is 6.61 Å². The van der Waals surface area contributed by atoms with Crippen LogP contribution in [0.3, 0.4) is 0 Å². The number of H-pyrrole nitrogens is 1. The maximum Gasteiger partial charge on any atom is 0.325 e. The normalized spacial score (nSPS) is 10.4. The van der Waals surface area contributed by atoms with Crippen LogP contribution < -0.4 is 5.56 Å². The number of rotatable bonds is 6. The standard InChI is InChI=1S/C14H20N2O4/c1-4-20-13(18)9-16(8-10(2)3)14(19)11-6-5-7-12(17)15-11/h5-7,10H,4,8-9H2,1-3H3,(H,15,17). The largest absolute Gasteiger partial charge is 0.465 e. The average molecular weight is 280 g/mol. The van der Waals surface area contributed by atoms with Crippen LogP contribution in [-0.2, 0) is 9.53 Å². The lowest BCUT2D eigenvalue weighted by molar-refractivity contribution is -0.143. The maximum absolute atomic E-state index is 12.3. The van der Waals surface area contributed by atoms with E-state index in [-0.39, 0.29) is 36.2 Å². The van der Waals surface area contributed by atoms with Gasteiger partial charge in [0.15, 0.2) is 0 Å². The van der Waals surface area contributed by atoms with E-state index in [0.717, 1.165) is 0 Å². The van der Waals surface area contributed by atoms with Crippen molar-refractivity contribution in [1.82, 2.24) is 9.88 Å². The van der Waals surface area contributed by atoms with Crippen LogP contribution in [0.2, 0.25) is 0 Å². The Bertz CT molecular complexity index is 522. The molecule has 1 N–H and O–H groups in total. The molecular weight excluding hydrogens is 260 g/mol. The number of pyridine rings is 1. The predicted octanol–water partition coefficient (Wildman–Crippen LogP) is 1.04. The minimum atomic E-state index is -0.459. The number of esters is 1. The first-order valence-corrected chi connectivity index (χ1v) is 6.58. The number of amides is 1. The van der Waals surface area contributed by atoms with Crippen molar-refractivity contribution in [1.29, 1.82) is 0 Å². The molecule has 0 saturated carbocycles. The molecule has 1 aromatic heterocycles. The molecule has 0 unspecified atom stereocenters. The summed E-state index contributed by atoms with van der Waals surface area (Å²) in [6, 6.07) is 4.35. The fourth-order valence-electron chi connectivity index (χ4n) is 1.77. The number of hydrogen-bond donors (Lipinski definition) is 1. The Hall–Kier alpha value is -2.11. The van der Waals surface area contributed by atoms with Gasteiger partial charge in [0.1, 0.15) is 12.2 Å². The van der Waals surface area contributed by atoms with E-state index in [9.17, 15) is 14.4 Å². The van der Waals surface area contributed by atoms with Crippen LogP contribution in [0.5, 0.6) is 0 Å². The molecule has 0 saturated heterocycles. The number of aromatic nitrogens is 1. The summed E-state index contributed by atoms with van der Waals surface area (Å²) >= 11 is 0. The molecule has 0 fully saturated rings. The Kier molecular flexibility index (Phi) is 5.96. The Morgan fingerprint density at radius 1 is 1.35 bits per heavy atom. The number of carbonyl (C=O) groups excluding carboxylic acids is 2. The van der Waals surface area contributed by atoms with Crippen molar-refractivity contribution in [2.45, 2.75) is 20.8 Å². The zero-order valence-corrected chi connectivity index (χ0v) is 12.0. The van der Waals surface area contributed by atoms with Crippen molar-refractivity contribution in [3.05, 3.63) is 34.2 Å². The second-order valence-electron chi connectivity index (χ2n) is 4.81. The number of nitrogens with zero attached hydrogens (tertiary/aromatic N) is 1. The monoisotopic (exact) mass is 280 g/mol. The van der Waals surface area contributed by atoms with Gasteiger partial charge in [-0.2, -0.15) is 0 Å². The van der Waals surface area contributed by atoms with Crippen LogP contribution in [0.25, 0.3) is 0 Å². The van der Waals surface area contributed by atoms with Crippen LogP contribution in [-0.4, -0.2) is 41.5 Å². The van der Waals surface area contributed by atoms with Crippen molar-refractivity contribution in [2.24, 2.45) is 5.92 Å².